The highest BCUT2D eigenvalue weighted by Gasteiger charge is 2.43. The number of ether oxygens (including phenoxy) is 1. The van der Waals surface area contributed by atoms with E-state index in [0.717, 1.165) is 25.8 Å². The molecule has 98 valence electrons. The molecule has 0 aromatic rings. The van der Waals surface area contributed by atoms with Crippen molar-refractivity contribution in [2.75, 3.05) is 19.7 Å². The Hall–Kier alpha value is -0.610. The van der Waals surface area contributed by atoms with E-state index in [1.54, 1.807) is 0 Å². The molecule has 0 spiro atoms. The molecule has 3 atom stereocenters. The lowest BCUT2D eigenvalue weighted by Gasteiger charge is -2.42. The molecule has 0 aromatic heterocycles. The van der Waals surface area contributed by atoms with Crippen LogP contribution < -0.4 is 5.73 Å². The molecular weight excluding hydrogens is 216 g/mol. The average molecular weight is 240 g/mol. The first-order valence-corrected chi connectivity index (χ1v) is 6.73. The predicted molar refractivity (Wildman–Crippen MR) is 66.5 cm³/mol. The van der Waals surface area contributed by atoms with E-state index in [4.69, 9.17) is 10.5 Å². The van der Waals surface area contributed by atoms with Crippen molar-refractivity contribution in [2.45, 2.75) is 51.2 Å². The van der Waals surface area contributed by atoms with E-state index in [1.165, 1.54) is 6.42 Å². The van der Waals surface area contributed by atoms with Crippen molar-refractivity contribution in [1.82, 2.24) is 4.90 Å². The highest BCUT2D eigenvalue weighted by atomic mass is 16.5. The maximum Gasteiger partial charge on any atom is 0.254 e. The van der Waals surface area contributed by atoms with Crippen LogP contribution >= 0.6 is 0 Å². The van der Waals surface area contributed by atoms with Gasteiger partial charge in [-0.3, -0.25) is 4.79 Å². The summed E-state index contributed by atoms with van der Waals surface area (Å²) in [4.78, 5) is 14.6. The van der Waals surface area contributed by atoms with Gasteiger partial charge in [0.2, 0.25) is 0 Å². The van der Waals surface area contributed by atoms with E-state index < -0.39 is 5.60 Å². The quantitative estimate of drug-likeness (QED) is 0.787. The summed E-state index contributed by atoms with van der Waals surface area (Å²) in [6, 6.07) is 0.192. The van der Waals surface area contributed by atoms with Gasteiger partial charge in [-0.2, -0.15) is 0 Å². The molecule has 2 aliphatic heterocycles. The van der Waals surface area contributed by atoms with Gasteiger partial charge in [0.05, 0.1) is 0 Å². The molecule has 17 heavy (non-hydrogen) atoms. The maximum atomic E-state index is 12.6. The van der Waals surface area contributed by atoms with Crippen molar-refractivity contribution in [3.05, 3.63) is 0 Å². The Kier molecular flexibility index (Phi) is 3.73. The fraction of sp³-hybridized carbons (Fsp3) is 0.923. The van der Waals surface area contributed by atoms with Gasteiger partial charge < -0.3 is 15.4 Å². The molecule has 4 heteroatoms. The van der Waals surface area contributed by atoms with E-state index in [0.29, 0.717) is 19.1 Å². The lowest BCUT2D eigenvalue weighted by Crippen LogP contribution is -2.57. The first-order chi connectivity index (χ1) is 8.08. The molecule has 2 N–H and O–H groups in total. The molecule has 4 nitrogen and oxygen atoms in total. The molecule has 0 radical (unpaired) electrons. The zero-order valence-corrected chi connectivity index (χ0v) is 10.9. The van der Waals surface area contributed by atoms with Gasteiger partial charge in [-0.15, -0.1) is 0 Å². The van der Waals surface area contributed by atoms with Crippen molar-refractivity contribution in [2.24, 2.45) is 11.7 Å². The van der Waals surface area contributed by atoms with Gasteiger partial charge in [0.25, 0.3) is 5.91 Å². The largest absolute Gasteiger partial charge is 0.365 e. The Morgan fingerprint density at radius 1 is 1.53 bits per heavy atom. The Labute approximate surface area is 103 Å². The summed E-state index contributed by atoms with van der Waals surface area (Å²) in [5.74, 6) is 0.653. The van der Waals surface area contributed by atoms with Gasteiger partial charge >= 0.3 is 0 Å². The number of carbonyl (C=O) groups excluding carboxylic acids is 1. The third kappa shape index (κ3) is 2.33. The summed E-state index contributed by atoms with van der Waals surface area (Å²) >= 11 is 0. The van der Waals surface area contributed by atoms with Gasteiger partial charge in [0.15, 0.2) is 0 Å². The van der Waals surface area contributed by atoms with E-state index in [-0.39, 0.29) is 11.9 Å². The minimum absolute atomic E-state index is 0.150. The third-order valence-electron chi connectivity index (χ3n) is 4.29. The number of nitrogens with two attached hydrogens (primary N) is 1. The Balaban J connectivity index is 2.11. The fourth-order valence-corrected chi connectivity index (χ4v) is 3.11. The number of carbonyl (C=O) groups is 1. The van der Waals surface area contributed by atoms with Crippen molar-refractivity contribution in [3.8, 4) is 0 Å². The SMILES string of the molecule is CC1CCCN(C(=O)C2(C)CCCO2)C1CN. The van der Waals surface area contributed by atoms with Gasteiger partial charge in [-0.25, -0.2) is 0 Å². The minimum Gasteiger partial charge on any atom is -0.365 e. The van der Waals surface area contributed by atoms with Crippen LogP contribution in [0.15, 0.2) is 0 Å². The summed E-state index contributed by atoms with van der Waals surface area (Å²) < 4.78 is 5.65. The number of likely N-dealkylation sites (tertiary alicyclic amines) is 1. The van der Waals surface area contributed by atoms with Gasteiger partial charge in [0, 0.05) is 25.7 Å². The standard InChI is InChI=1S/C13H24N2O2/c1-10-5-3-7-15(11(10)9-14)12(16)13(2)6-4-8-17-13/h10-11H,3-9,14H2,1-2H3. The van der Waals surface area contributed by atoms with E-state index in [9.17, 15) is 4.79 Å². The number of rotatable bonds is 2. The number of amides is 1. The van der Waals surface area contributed by atoms with Crippen molar-refractivity contribution in [1.29, 1.82) is 0 Å². The molecular formula is C13H24N2O2. The molecule has 0 aromatic carbocycles. The molecule has 1 amide bonds. The average Bonchev–Trinajstić information content (AvgIpc) is 2.76. The summed E-state index contributed by atoms with van der Waals surface area (Å²) in [5, 5.41) is 0. The molecule has 2 heterocycles. The molecule has 0 aliphatic carbocycles. The van der Waals surface area contributed by atoms with Gasteiger partial charge in [-0.05, 0) is 38.5 Å². The topological polar surface area (TPSA) is 55.6 Å². The van der Waals surface area contributed by atoms with Crippen LogP contribution in [0.2, 0.25) is 0 Å². The molecule has 2 rings (SSSR count). The van der Waals surface area contributed by atoms with Crippen LogP contribution in [0.3, 0.4) is 0 Å². The van der Waals surface area contributed by atoms with Crippen LogP contribution in [-0.2, 0) is 9.53 Å². The predicted octanol–water partition coefficient (Wildman–Crippen LogP) is 1.14. The van der Waals surface area contributed by atoms with Crippen LogP contribution in [0, 0.1) is 5.92 Å². The summed E-state index contributed by atoms with van der Waals surface area (Å²) in [7, 11) is 0. The van der Waals surface area contributed by atoms with Gasteiger partial charge in [-0.1, -0.05) is 6.92 Å². The second-order valence-electron chi connectivity index (χ2n) is 5.60. The van der Waals surface area contributed by atoms with Crippen LogP contribution in [0.25, 0.3) is 0 Å². The minimum atomic E-state index is -0.593. The molecule has 2 aliphatic rings. The third-order valence-corrected chi connectivity index (χ3v) is 4.29. The lowest BCUT2D eigenvalue weighted by atomic mass is 9.88. The first kappa shape index (κ1) is 12.8. The first-order valence-electron chi connectivity index (χ1n) is 6.73. The summed E-state index contributed by atoms with van der Waals surface area (Å²) in [6.45, 7) is 6.22. The summed E-state index contributed by atoms with van der Waals surface area (Å²) in [5.41, 5.74) is 5.24. The lowest BCUT2D eigenvalue weighted by molar-refractivity contribution is -0.156. The van der Waals surface area contributed by atoms with Crippen LogP contribution in [0.4, 0.5) is 0 Å². The molecule has 3 unspecified atom stereocenters. The zero-order chi connectivity index (χ0) is 12.5. The second kappa shape index (κ2) is 4.94. The van der Waals surface area contributed by atoms with Gasteiger partial charge in [0.1, 0.15) is 5.60 Å². The highest BCUT2D eigenvalue weighted by Crippen LogP contribution is 2.31. The normalized spacial score (nSPS) is 38.4. The molecule has 2 fully saturated rings. The Bertz CT molecular complexity index is 287. The number of piperidine rings is 1. The number of hydrogen-bond acceptors (Lipinski definition) is 3. The van der Waals surface area contributed by atoms with Crippen molar-refractivity contribution >= 4 is 5.91 Å². The highest BCUT2D eigenvalue weighted by molar-refractivity contribution is 5.85. The number of hydrogen-bond donors (Lipinski definition) is 1. The Morgan fingerprint density at radius 3 is 2.88 bits per heavy atom. The van der Waals surface area contributed by atoms with E-state index in [1.807, 2.05) is 11.8 Å². The van der Waals surface area contributed by atoms with E-state index >= 15 is 0 Å². The molecule has 0 bridgehead atoms. The van der Waals surface area contributed by atoms with Crippen molar-refractivity contribution < 1.29 is 9.53 Å². The fourth-order valence-electron chi connectivity index (χ4n) is 3.11. The van der Waals surface area contributed by atoms with Crippen LogP contribution in [0.1, 0.15) is 39.5 Å². The molecule has 2 saturated heterocycles. The van der Waals surface area contributed by atoms with E-state index in [2.05, 4.69) is 6.92 Å². The van der Waals surface area contributed by atoms with Crippen molar-refractivity contribution in [3.63, 3.8) is 0 Å². The maximum absolute atomic E-state index is 12.6. The summed E-state index contributed by atoms with van der Waals surface area (Å²) in [6.07, 6.45) is 4.08. The number of nitrogens with zero attached hydrogens (tertiary/aromatic N) is 1. The Morgan fingerprint density at radius 2 is 2.29 bits per heavy atom. The van der Waals surface area contributed by atoms with Crippen LogP contribution in [-0.4, -0.2) is 42.1 Å². The monoisotopic (exact) mass is 240 g/mol. The van der Waals surface area contributed by atoms with Crippen LogP contribution in [0.5, 0.6) is 0 Å². The second-order valence-corrected chi connectivity index (χ2v) is 5.60. The molecule has 0 saturated carbocycles. The zero-order valence-electron chi connectivity index (χ0n) is 10.9. The smallest absolute Gasteiger partial charge is 0.254 e.